The van der Waals surface area contributed by atoms with Gasteiger partial charge in [0.25, 0.3) is 0 Å². The van der Waals surface area contributed by atoms with E-state index >= 15 is 0 Å². The van der Waals surface area contributed by atoms with Crippen LogP contribution in [0.3, 0.4) is 0 Å². The van der Waals surface area contributed by atoms with Crippen LogP contribution in [0.1, 0.15) is 11.4 Å². The first-order valence-corrected chi connectivity index (χ1v) is 6.58. The van der Waals surface area contributed by atoms with E-state index in [-0.39, 0.29) is 5.82 Å². The molecule has 1 N–H and O–H groups in total. The number of halogens is 2. The maximum Gasteiger partial charge on any atom is 0.125 e. The van der Waals surface area contributed by atoms with Gasteiger partial charge in [-0.15, -0.1) is 0 Å². The van der Waals surface area contributed by atoms with Crippen molar-refractivity contribution >= 4 is 21.6 Å². The Kier molecular flexibility index (Phi) is 4.37. The molecule has 0 aliphatic carbocycles. The van der Waals surface area contributed by atoms with Gasteiger partial charge in [-0.2, -0.15) is 0 Å². The normalized spacial score (nSPS) is 10.3. The highest BCUT2D eigenvalue weighted by atomic mass is 79.9. The first-order valence-electron chi connectivity index (χ1n) is 5.79. The summed E-state index contributed by atoms with van der Waals surface area (Å²) in [6.07, 6.45) is 0. The Hall–Kier alpha value is -1.62. The monoisotopic (exact) mass is 324 g/mol. The van der Waals surface area contributed by atoms with Crippen LogP contribution in [0.15, 0.2) is 34.8 Å². The molecule has 0 radical (unpaired) electrons. The summed E-state index contributed by atoms with van der Waals surface area (Å²) in [5.41, 5.74) is 2.42. The first kappa shape index (κ1) is 13.8. The molecule has 5 heteroatoms. The molecule has 0 saturated carbocycles. The smallest absolute Gasteiger partial charge is 0.125 e. The van der Waals surface area contributed by atoms with E-state index < -0.39 is 0 Å². The van der Waals surface area contributed by atoms with Crippen LogP contribution >= 0.6 is 15.9 Å². The molecule has 1 heterocycles. The summed E-state index contributed by atoms with van der Waals surface area (Å²) in [6, 6.07) is 8.23. The summed E-state index contributed by atoms with van der Waals surface area (Å²) in [7, 11) is 1.62. The molecule has 0 atom stereocenters. The maximum absolute atomic E-state index is 13.2. The summed E-state index contributed by atoms with van der Waals surface area (Å²) < 4.78 is 19.2. The van der Waals surface area contributed by atoms with Gasteiger partial charge in [0.15, 0.2) is 0 Å². The molecule has 0 bridgehead atoms. The number of ether oxygens (including phenoxy) is 1. The van der Waals surface area contributed by atoms with E-state index in [0.29, 0.717) is 12.2 Å². The van der Waals surface area contributed by atoms with E-state index in [2.05, 4.69) is 26.2 Å². The molecule has 0 spiro atoms. The number of nitrogens with one attached hydrogen (secondary N) is 1. The molecule has 2 aromatic rings. The molecule has 0 aliphatic rings. The van der Waals surface area contributed by atoms with Crippen molar-refractivity contribution in [3.05, 3.63) is 52.0 Å². The van der Waals surface area contributed by atoms with E-state index in [1.165, 1.54) is 12.1 Å². The van der Waals surface area contributed by atoms with Gasteiger partial charge in [-0.1, -0.05) is 0 Å². The third-order valence-electron chi connectivity index (χ3n) is 2.60. The zero-order chi connectivity index (χ0) is 13.8. The van der Waals surface area contributed by atoms with Crippen LogP contribution in [0, 0.1) is 12.7 Å². The molecule has 0 saturated heterocycles. The molecular weight excluding hydrogens is 311 g/mol. The Balaban J connectivity index is 2.14. The summed E-state index contributed by atoms with van der Waals surface area (Å²) >= 11 is 3.37. The highest BCUT2D eigenvalue weighted by Crippen LogP contribution is 2.24. The highest BCUT2D eigenvalue weighted by Gasteiger charge is 2.04. The van der Waals surface area contributed by atoms with Gasteiger partial charge in [0, 0.05) is 22.3 Å². The fourth-order valence-corrected chi connectivity index (χ4v) is 2.12. The zero-order valence-corrected chi connectivity index (χ0v) is 12.3. The molecule has 2 rings (SSSR count). The summed E-state index contributed by atoms with van der Waals surface area (Å²) in [6.45, 7) is 2.41. The second-order valence-corrected chi connectivity index (χ2v) is 4.97. The molecule has 3 nitrogen and oxygen atoms in total. The predicted octanol–water partition coefficient (Wildman–Crippen LogP) is 3.91. The Morgan fingerprint density at radius 1 is 1.32 bits per heavy atom. The Morgan fingerprint density at radius 3 is 2.84 bits per heavy atom. The minimum Gasteiger partial charge on any atom is -0.497 e. The molecule has 0 aliphatic heterocycles. The van der Waals surface area contributed by atoms with Crippen molar-refractivity contribution in [2.75, 3.05) is 12.4 Å². The lowest BCUT2D eigenvalue weighted by atomic mass is 10.2. The number of aryl methyl sites for hydroxylation is 1. The van der Waals surface area contributed by atoms with E-state index in [1.54, 1.807) is 13.2 Å². The van der Waals surface area contributed by atoms with Crippen molar-refractivity contribution in [2.24, 2.45) is 0 Å². The van der Waals surface area contributed by atoms with Gasteiger partial charge >= 0.3 is 0 Å². The van der Waals surface area contributed by atoms with Gasteiger partial charge in [-0.05, 0) is 41.1 Å². The summed E-state index contributed by atoms with van der Waals surface area (Å²) in [5, 5.41) is 3.14. The number of rotatable bonds is 4. The molecule has 0 fully saturated rings. The Morgan fingerprint density at radius 2 is 2.11 bits per heavy atom. The maximum atomic E-state index is 13.2. The second-order valence-electron chi connectivity index (χ2n) is 4.12. The lowest BCUT2D eigenvalue weighted by Crippen LogP contribution is -2.04. The molecule has 1 aromatic heterocycles. The average Bonchev–Trinajstić information content (AvgIpc) is 2.39. The number of aromatic nitrogens is 1. The fraction of sp³-hybridized carbons (Fsp3) is 0.214. The summed E-state index contributed by atoms with van der Waals surface area (Å²) in [5.74, 6) is 0.489. The van der Waals surface area contributed by atoms with Crippen molar-refractivity contribution in [3.8, 4) is 5.75 Å². The van der Waals surface area contributed by atoms with E-state index in [1.807, 2.05) is 19.1 Å². The summed E-state index contributed by atoms with van der Waals surface area (Å²) in [4.78, 5) is 4.40. The number of methoxy groups -OCH3 is 1. The van der Waals surface area contributed by atoms with Crippen LogP contribution in [-0.2, 0) is 6.54 Å². The van der Waals surface area contributed by atoms with Crippen molar-refractivity contribution in [1.82, 2.24) is 4.98 Å². The number of nitrogens with zero attached hydrogens (tertiary/aromatic N) is 1. The number of benzene rings is 1. The van der Waals surface area contributed by atoms with Gasteiger partial charge in [0.2, 0.25) is 0 Å². The van der Waals surface area contributed by atoms with Gasteiger partial charge < -0.3 is 10.1 Å². The van der Waals surface area contributed by atoms with E-state index in [9.17, 15) is 4.39 Å². The third kappa shape index (κ3) is 3.67. The Bertz CT molecular complexity index is 590. The lowest BCUT2D eigenvalue weighted by Gasteiger charge is -2.10. The van der Waals surface area contributed by atoms with E-state index in [0.717, 1.165) is 21.6 Å². The van der Waals surface area contributed by atoms with Crippen LogP contribution in [0.25, 0.3) is 0 Å². The second kappa shape index (κ2) is 6.02. The van der Waals surface area contributed by atoms with Gasteiger partial charge in [0.1, 0.15) is 11.6 Å². The third-order valence-corrected chi connectivity index (χ3v) is 3.30. The van der Waals surface area contributed by atoms with E-state index in [4.69, 9.17) is 4.74 Å². The number of pyridine rings is 1. The fourth-order valence-electron chi connectivity index (χ4n) is 1.73. The van der Waals surface area contributed by atoms with Crippen LogP contribution in [0.5, 0.6) is 5.75 Å². The van der Waals surface area contributed by atoms with Gasteiger partial charge in [-0.25, -0.2) is 4.39 Å². The van der Waals surface area contributed by atoms with Gasteiger partial charge in [0.05, 0.1) is 25.0 Å². The topological polar surface area (TPSA) is 34.1 Å². The van der Waals surface area contributed by atoms with Crippen LogP contribution in [0.2, 0.25) is 0 Å². The number of hydrogen-bond acceptors (Lipinski definition) is 3. The van der Waals surface area contributed by atoms with Crippen molar-refractivity contribution in [2.45, 2.75) is 13.5 Å². The zero-order valence-electron chi connectivity index (χ0n) is 10.7. The molecule has 0 unspecified atom stereocenters. The van der Waals surface area contributed by atoms with Crippen molar-refractivity contribution in [1.29, 1.82) is 0 Å². The molecule has 19 heavy (non-hydrogen) atoms. The number of hydrogen-bond donors (Lipinski definition) is 1. The van der Waals surface area contributed by atoms with Crippen LogP contribution in [0.4, 0.5) is 10.1 Å². The number of anilines is 1. The van der Waals surface area contributed by atoms with Crippen LogP contribution < -0.4 is 10.1 Å². The van der Waals surface area contributed by atoms with Crippen molar-refractivity contribution < 1.29 is 9.13 Å². The van der Waals surface area contributed by atoms with Crippen molar-refractivity contribution in [3.63, 3.8) is 0 Å². The SMILES string of the molecule is COc1cc(C)nc(CNc2cc(F)ccc2Br)c1. The minimum atomic E-state index is -0.277. The molecule has 0 amide bonds. The minimum absolute atomic E-state index is 0.277. The highest BCUT2D eigenvalue weighted by molar-refractivity contribution is 9.10. The standard InChI is InChI=1S/C14H14BrFN2O/c1-9-5-12(19-2)7-11(18-9)8-17-14-6-10(16)3-4-13(14)15/h3-7,17H,8H2,1-2H3. The quantitative estimate of drug-likeness (QED) is 0.925. The van der Waals surface area contributed by atoms with Gasteiger partial charge in [-0.3, -0.25) is 4.98 Å². The lowest BCUT2D eigenvalue weighted by molar-refractivity contribution is 0.413. The molecule has 100 valence electrons. The Labute approximate surface area is 119 Å². The first-order chi connectivity index (χ1) is 9.08. The average molecular weight is 325 g/mol. The largest absolute Gasteiger partial charge is 0.497 e. The predicted molar refractivity (Wildman–Crippen MR) is 77.0 cm³/mol. The molecule has 1 aromatic carbocycles. The molecular formula is C14H14BrFN2O. The van der Waals surface area contributed by atoms with Crippen LogP contribution in [-0.4, -0.2) is 12.1 Å².